The number of ether oxygens (including phenoxy) is 1. The second-order valence-corrected chi connectivity index (χ2v) is 5.05. The molecule has 0 radical (unpaired) electrons. The summed E-state index contributed by atoms with van der Waals surface area (Å²) in [5, 5.41) is 2.65. The van der Waals surface area contributed by atoms with Gasteiger partial charge >= 0.3 is 5.69 Å². The number of halogens is 1. The summed E-state index contributed by atoms with van der Waals surface area (Å²) in [5.74, 6) is -1.17. The zero-order chi connectivity index (χ0) is 17.0. The van der Waals surface area contributed by atoms with Crippen molar-refractivity contribution < 1.29 is 13.9 Å². The van der Waals surface area contributed by atoms with E-state index in [2.05, 4.69) is 10.3 Å². The van der Waals surface area contributed by atoms with Gasteiger partial charge in [-0.05, 0) is 32.0 Å². The molecule has 0 atom stereocenters. The van der Waals surface area contributed by atoms with Crippen molar-refractivity contribution in [2.24, 2.45) is 0 Å². The number of rotatable bonds is 5. The normalized spacial score (nSPS) is 10.4. The van der Waals surface area contributed by atoms with Crippen LogP contribution in [0.15, 0.2) is 29.1 Å². The molecule has 0 aliphatic carbocycles. The average molecular weight is 319 g/mol. The molecule has 1 amide bonds. The predicted molar refractivity (Wildman–Crippen MR) is 83.3 cm³/mol. The van der Waals surface area contributed by atoms with Crippen LogP contribution in [0.5, 0.6) is 5.75 Å². The van der Waals surface area contributed by atoms with Crippen LogP contribution in [-0.4, -0.2) is 29.1 Å². The molecule has 0 fully saturated rings. The summed E-state index contributed by atoms with van der Waals surface area (Å²) in [4.78, 5) is 27.8. The van der Waals surface area contributed by atoms with Crippen LogP contribution in [0.3, 0.4) is 0 Å². The summed E-state index contributed by atoms with van der Waals surface area (Å²) >= 11 is 0. The number of carbonyl (C=O) groups excluding carboxylic acids is 1. The molecular weight excluding hydrogens is 301 g/mol. The van der Waals surface area contributed by atoms with E-state index in [0.29, 0.717) is 5.69 Å². The fourth-order valence-electron chi connectivity index (χ4n) is 2.32. The second-order valence-electron chi connectivity index (χ2n) is 5.05. The van der Waals surface area contributed by atoms with E-state index in [9.17, 15) is 14.0 Å². The molecule has 23 heavy (non-hydrogen) atoms. The number of nitrogens with one attached hydrogen (secondary N) is 1. The number of benzene rings is 1. The van der Waals surface area contributed by atoms with Crippen LogP contribution in [0.2, 0.25) is 0 Å². The molecule has 122 valence electrons. The predicted octanol–water partition coefficient (Wildman–Crippen LogP) is 1.44. The Morgan fingerprint density at radius 3 is 2.78 bits per heavy atom. The van der Waals surface area contributed by atoms with Gasteiger partial charge in [-0.15, -0.1) is 0 Å². The fraction of sp³-hybridized carbons (Fsp3) is 0.312. The van der Waals surface area contributed by atoms with E-state index in [1.165, 1.54) is 29.9 Å². The van der Waals surface area contributed by atoms with Crippen LogP contribution in [0.25, 0.3) is 0 Å². The number of aromatic nitrogens is 2. The zero-order valence-electron chi connectivity index (χ0n) is 13.2. The van der Waals surface area contributed by atoms with Gasteiger partial charge in [0.1, 0.15) is 0 Å². The highest BCUT2D eigenvalue weighted by Gasteiger charge is 2.15. The van der Waals surface area contributed by atoms with Crippen molar-refractivity contribution in [1.29, 1.82) is 0 Å². The Bertz CT molecular complexity index is 787. The van der Waals surface area contributed by atoms with Crippen molar-refractivity contribution in [1.82, 2.24) is 14.9 Å². The summed E-state index contributed by atoms with van der Waals surface area (Å²) in [6, 6.07) is 5.92. The highest BCUT2D eigenvalue weighted by Crippen LogP contribution is 2.21. The van der Waals surface area contributed by atoms with Gasteiger partial charge in [-0.25, -0.2) is 9.18 Å². The van der Waals surface area contributed by atoms with Crippen molar-refractivity contribution >= 4 is 5.91 Å². The lowest BCUT2D eigenvalue weighted by atomic mass is 10.2. The van der Waals surface area contributed by atoms with Gasteiger partial charge in [0.2, 0.25) is 0 Å². The van der Waals surface area contributed by atoms with Crippen LogP contribution < -0.4 is 15.7 Å². The first kappa shape index (κ1) is 16.7. The standard InChI is InChI=1S/C16H18FN3O3/c1-10-9-11(2)20(16(22)19-10)8-7-18-15(21)12-5-4-6-13(17)14(12)23-3/h4-6,9H,7-8H2,1-3H3,(H,18,21). The topological polar surface area (TPSA) is 73.2 Å². The monoisotopic (exact) mass is 319 g/mol. The average Bonchev–Trinajstić information content (AvgIpc) is 2.49. The number of hydrogen-bond acceptors (Lipinski definition) is 4. The minimum atomic E-state index is -0.602. The minimum Gasteiger partial charge on any atom is -0.493 e. The molecule has 0 saturated carbocycles. The van der Waals surface area contributed by atoms with Crippen molar-refractivity contribution in [2.45, 2.75) is 20.4 Å². The molecule has 7 heteroatoms. The lowest BCUT2D eigenvalue weighted by Gasteiger charge is -2.12. The van der Waals surface area contributed by atoms with Gasteiger partial charge in [-0.2, -0.15) is 4.98 Å². The van der Waals surface area contributed by atoms with Crippen molar-refractivity contribution in [3.05, 3.63) is 57.5 Å². The van der Waals surface area contributed by atoms with Gasteiger partial charge in [0, 0.05) is 24.5 Å². The van der Waals surface area contributed by atoms with Gasteiger partial charge < -0.3 is 10.1 Å². The van der Waals surface area contributed by atoms with E-state index in [1.54, 1.807) is 19.9 Å². The Hall–Kier alpha value is -2.70. The van der Waals surface area contributed by atoms with E-state index >= 15 is 0 Å². The van der Waals surface area contributed by atoms with Crippen LogP contribution in [0, 0.1) is 19.7 Å². The van der Waals surface area contributed by atoms with Crippen molar-refractivity contribution in [3.63, 3.8) is 0 Å². The third-order valence-corrected chi connectivity index (χ3v) is 3.38. The summed E-state index contributed by atoms with van der Waals surface area (Å²) in [6.45, 7) is 4.04. The summed E-state index contributed by atoms with van der Waals surface area (Å²) < 4.78 is 20.0. The summed E-state index contributed by atoms with van der Waals surface area (Å²) in [7, 11) is 1.30. The first-order valence-corrected chi connectivity index (χ1v) is 7.10. The first-order chi connectivity index (χ1) is 10.9. The quantitative estimate of drug-likeness (QED) is 0.905. The molecule has 2 aromatic rings. The molecule has 2 rings (SSSR count). The molecule has 0 unspecified atom stereocenters. The van der Waals surface area contributed by atoms with Gasteiger partial charge in [0.15, 0.2) is 11.6 Å². The Kier molecular flexibility index (Phi) is 5.10. The number of methoxy groups -OCH3 is 1. The number of nitrogens with zero attached hydrogens (tertiary/aromatic N) is 2. The fourth-order valence-corrected chi connectivity index (χ4v) is 2.32. The van der Waals surface area contributed by atoms with Gasteiger partial charge in [0.25, 0.3) is 5.91 Å². The minimum absolute atomic E-state index is 0.102. The SMILES string of the molecule is COc1c(F)cccc1C(=O)NCCn1c(C)cc(C)nc1=O. The van der Waals surface area contributed by atoms with E-state index in [-0.39, 0.29) is 30.1 Å². The number of amides is 1. The zero-order valence-corrected chi connectivity index (χ0v) is 13.2. The van der Waals surface area contributed by atoms with E-state index < -0.39 is 11.7 Å². The van der Waals surface area contributed by atoms with E-state index in [4.69, 9.17) is 4.74 Å². The number of para-hydroxylation sites is 1. The van der Waals surface area contributed by atoms with E-state index in [1.807, 2.05) is 0 Å². The first-order valence-electron chi connectivity index (χ1n) is 7.10. The largest absolute Gasteiger partial charge is 0.493 e. The number of carbonyl (C=O) groups is 1. The summed E-state index contributed by atoms with van der Waals surface area (Å²) in [5.41, 5.74) is 1.16. The molecule has 0 aliphatic rings. The molecule has 0 spiro atoms. The molecule has 0 saturated heterocycles. The van der Waals surface area contributed by atoms with Crippen molar-refractivity contribution in [2.75, 3.05) is 13.7 Å². The van der Waals surface area contributed by atoms with Crippen LogP contribution in [0.1, 0.15) is 21.7 Å². The summed E-state index contributed by atoms with van der Waals surface area (Å²) in [6.07, 6.45) is 0. The Morgan fingerprint density at radius 2 is 2.13 bits per heavy atom. The molecule has 0 bridgehead atoms. The van der Waals surface area contributed by atoms with Crippen LogP contribution >= 0.6 is 0 Å². The number of aryl methyl sites for hydroxylation is 2. The maximum absolute atomic E-state index is 13.6. The van der Waals surface area contributed by atoms with Crippen molar-refractivity contribution in [3.8, 4) is 5.75 Å². The Labute approximate surface area is 132 Å². The molecule has 1 heterocycles. The molecule has 1 aromatic carbocycles. The smallest absolute Gasteiger partial charge is 0.348 e. The molecule has 6 nitrogen and oxygen atoms in total. The maximum Gasteiger partial charge on any atom is 0.348 e. The Balaban J connectivity index is 2.07. The molecular formula is C16H18FN3O3. The van der Waals surface area contributed by atoms with Gasteiger partial charge in [0.05, 0.1) is 12.7 Å². The Morgan fingerprint density at radius 1 is 1.39 bits per heavy atom. The van der Waals surface area contributed by atoms with Crippen LogP contribution in [-0.2, 0) is 6.54 Å². The van der Waals surface area contributed by atoms with Crippen LogP contribution in [0.4, 0.5) is 4.39 Å². The number of hydrogen-bond donors (Lipinski definition) is 1. The highest BCUT2D eigenvalue weighted by molar-refractivity contribution is 5.96. The second kappa shape index (κ2) is 7.04. The molecule has 1 N–H and O–H groups in total. The van der Waals surface area contributed by atoms with Gasteiger partial charge in [-0.1, -0.05) is 6.07 Å². The molecule has 1 aromatic heterocycles. The van der Waals surface area contributed by atoms with Gasteiger partial charge in [-0.3, -0.25) is 9.36 Å². The lowest BCUT2D eigenvalue weighted by Crippen LogP contribution is -2.33. The maximum atomic E-state index is 13.6. The molecule has 0 aliphatic heterocycles. The third-order valence-electron chi connectivity index (χ3n) is 3.38. The third kappa shape index (κ3) is 3.74. The lowest BCUT2D eigenvalue weighted by molar-refractivity contribution is 0.0948. The highest BCUT2D eigenvalue weighted by atomic mass is 19.1. The van der Waals surface area contributed by atoms with E-state index in [0.717, 1.165) is 5.69 Å².